The molecule has 23 heavy (non-hydrogen) atoms. The van der Waals surface area contributed by atoms with Crippen molar-refractivity contribution in [3.05, 3.63) is 30.1 Å². The third-order valence-electron chi connectivity index (χ3n) is 3.13. The molecule has 0 radical (unpaired) electrons. The van der Waals surface area contributed by atoms with Crippen LogP contribution in [-0.4, -0.2) is 46.4 Å². The minimum Gasteiger partial charge on any atom is -0.497 e. The van der Waals surface area contributed by atoms with Gasteiger partial charge in [0.05, 0.1) is 13.2 Å². The maximum atomic E-state index is 11.8. The van der Waals surface area contributed by atoms with Crippen molar-refractivity contribution in [2.24, 2.45) is 0 Å². The van der Waals surface area contributed by atoms with E-state index in [1.54, 1.807) is 30.0 Å². The fourth-order valence-corrected chi connectivity index (χ4v) is 1.98. The van der Waals surface area contributed by atoms with Crippen molar-refractivity contribution in [2.75, 3.05) is 20.3 Å². The van der Waals surface area contributed by atoms with Crippen LogP contribution in [0.4, 0.5) is 0 Å². The van der Waals surface area contributed by atoms with Crippen LogP contribution in [0.5, 0.6) is 11.5 Å². The predicted molar refractivity (Wildman–Crippen MR) is 83.4 cm³/mol. The average Bonchev–Trinajstić information content (AvgIpc) is 3.02. The number of carbonyl (C=O) groups is 1. The van der Waals surface area contributed by atoms with E-state index in [2.05, 4.69) is 20.8 Å². The molecule has 1 aromatic heterocycles. The van der Waals surface area contributed by atoms with Gasteiger partial charge in [-0.3, -0.25) is 4.79 Å². The van der Waals surface area contributed by atoms with Gasteiger partial charge in [0.15, 0.2) is 12.4 Å². The van der Waals surface area contributed by atoms with Gasteiger partial charge in [0.2, 0.25) is 0 Å². The number of nitrogens with one attached hydrogen (secondary N) is 1. The van der Waals surface area contributed by atoms with E-state index < -0.39 is 0 Å². The molecule has 8 heteroatoms. The largest absolute Gasteiger partial charge is 0.497 e. The maximum Gasteiger partial charge on any atom is 0.257 e. The minimum atomic E-state index is -0.198. The van der Waals surface area contributed by atoms with Crippen LogP contribution in [0.25, 0.3) is 0 Å². The molecule has 0 spiro atoms. The monoisotopic (exact) mass is 319 g/mol. The lowest BCUT2D eigenvalue weighted by Gasteiger charge is -2.09. The Labute approximate surface area is 134 Å². The Hall–Kier alpha value is -2.64. The van der Waals surface area contributed by atoms with Gasteiger partial charge in [0.1, 0.15) is 11.5 Å². The first-order valence-corrected chi connectivity index (χ1v) is 7.40. The second kappa shape index (κ2) is 8.11. The van der Waals surface area contributed by atoms with Gasteiger partial charge < -0.3 is 14.8 Å². The molecule has 1 amide bonds. The summed E-state index contributed by atoms with van der Waals surface area (Å²) in [5, 5.41) is 14.3. The summed E-state index contributed by atoms with van der Waals surface area (Å²) in [5.74, 6) is 1.82. The van der Waals surface area contributed by atoms with Crippen LogP contribution >= 0.6 is 0 Å². The van der Waals surface area contributed by atoms with Crippen molar-refractivity contribution in [3.63, 3.8) is 0 Å². The highest BCUT2D eigenvalue weighted by Gasteiger charge is 2.09. The van der Waals surface area contributed by atoms with E-state index in [0.29, 0.717) is 24.5 Å². The van der Waals surface area contributed by atoms with E-state index in [0.717, 1.165) is 5.82 Å². The van der Waals surface area contributed by atoms with Crippen LogP contribution in [0.2, 0.25) is 0 Å². The quantitative estimate of drug-likeness (QED) is 0.780. The van der Waals surface area contributed by atoms with Crippen LogP contribution in [0, 0.1) is 0 Å². The van der Waals surface area contributed by atoms with Crippen LogP contribution in [0.3, 0.4) is 0 Å². The number of aromatic nitrogens is 4. The highest BCUT2D eigenvalue weighted by atomic mass is 16.5. The number of ether oxygens (including phenoxy) is 2. The van der Waals surface area contributed by atoms with E-state index in [1.807, 2.05) is 19.9 Å². The number of amides is 1. The topological polar surface area (TPSA) is 91.2 Å². The summed E-state index contributed by atoms with van der Waals surface area (Å²) in [6, 6.07) is 7.30. The lowest BCUT2D eigenvalue weighted by Crippen LogP contribution is -2.31. The first kappa shape index (κ1) is 16.7. The molecule has 8 nitrogen and oxygen atoms in total. The minimum absolute atomic E-state index is 0.0533. The Morgan fingerprint density at radius 2 is 2.13 bits per heavy atom. The molecule has 1 N–H and O–H groups in total. The Balaban J connectivity index is 1.73. The highest BCUT2D eigenvalue weighted by Crippen LogP contribution is 2.18. The third-order valence-corrected chi connectivity index (χ3v) is 3.13. The predicted octanol–water partition coefficient (Wildman–Crippen LogP) is 1.00. The van der Waals surface area contributed by atoms with Gasteiger partial charge in [-0.2, -0.15) is 0 Å². The molecule has 0 saturated carbocycles. The lowest BCUT2D eigenvalue weighted by atomic mass is 10.3. The second-order valence-corrected chi connectivity index (χ2v) is 5.20. The number of tetrazole rings is 1. The molecule has 0 aliphatic carbocycles. The Morgan fingerprint density at radius 3 is 2.87 bits per heavy atom. The summed E-state index contributed by atoms with van der Waals surface area (Å²) in [6.07, 6.45) is 0.566. The zero-order chi connectivity index (χ0) is 16.7. The fraction of sp³-hybridized carbons (Fsp3) is 0.467. The third kappa shape index (κ3) is 4.94. The Bertz CT molecular complexity index is 642. The maximum absolute atomic E-state index is 11.8. The highest BCUT2D eigenvalue weighted by molar-refractivity contribution is 5.77. The molecule has 0 aliphatic rings. The molecule has 2 aromatic rings. The van der Waals surface area contributed by atoms with Gasteiger partial charge in [-0.25, -0.2) is 4.68 Å². The summed E-state index contributed by atoms with van der Waals surface area (Å²) in [6.45, 7) is 4.40. The van der Waals surface area contributed by atoms with Crippen molar-refractivity contribution >= 4 is 5.91 Å². The molecular weight excluding hydrogens is 298 g/mol. The Kier molecular flexibility index (Phi) is 5.90. The first-order valence-electron chi connectivity index (χ1n) is 7.40. The number of nitrogens with zero attached hydrogens (tertiary/aromatic N) is 4. The second-order valence-electron chi connectivity index (χ2n) is 5.20. The smallest absolute Gasteiger partial charge is 0.257 e. The van der Waals surface area contributed by atoms with Crippen LogP contribution in [0.15, 0.2) is 24.3 Å². The SMILES string of the molecule is COc1cccc(OCC(=O)NCCc2nnnn2C(C)C)c1. The number of methoxy groups -OCH3 is 1. The Morgan fingerprint density at radius 1 is 1.35 bits per heavy atom. The van der Waals surface area contributed by atoms with Gasteiger partial charge in [0.25, 0.3) is 5.91 Å². The molecule has 0 saturated heterocycles. The van der Waals surface area contributed by atoms with E-state index in [4.69, 9.17) is 9.47 Å². The van der Waals surface area contributed by atoms with Gasteiger partial charge in [-0.05, 0) is 36.4 Å². The molecule has 2 rings (SSSR count). The fourth-order valence-electron chi connectivity index (χ4n) is 1.98. The lowest BCUT2D eigenvalue weighted by molar-refractivity contribution is -0.123. The van der Waals surface area contributed by atoms with Crippen molar-refractivity contribution in [2.45, 2.75) is 26.3 Å². The standard InChI is InChI=1S/C15H21N5O3/c1-11(2)20-14(17-18-19-20)7-8-16-15(21)10-23-13-6-4-5-12(9-13)22-3/h4-6,9,11H,7-8,10H2,1-3H3,(H,16,21). The van der Waals surface area contributed by atoms with E-state index in [9.17, 15) is 4.79 Å². The molecule has 1 aromatic carbocycles. The zero-order valence-electron chi connectivity index (χ0n) is 13.5. The first-order chi connectivity index (χ1) is 11.1. The molecule has 124 valence electrons. The average molecular weight is 319 g/mol. The molecular formula is C15H21N5O3. The molecule has 1 heterocycles. The van der Waals surface area contributed by atoms with Gasteiger partial charge in [-0.15, -0.1) is 5.10 Å². The summed E-state index contributed by atoms with van der Waals surface area (Å²) < 4.78 is 12.3. The number of carbonyl (C=O) groups excluding carboxylic acids is 1. The summed E-state index contributed by atoms with van der Waals surface area (Å²) in [4.78, 5) is 11.8. The number of benzene rings is 1. The van der Waals surface area contributed by atoms with E-state index in [1.165, 1.54) is 0 Å². The van der Waals surface area contributed by atoms with Crippen molar-refractivity contribution in [3.8, 4) is 11.5 Å². The van der Waals surface area contributed by atoms with Gasteiger partial charge in [-0.1, -0.05) is 6.07 Å². The van der Waals surface area contributed by atoms with Crippen molar-refractivity contribution < 1.29 is 14.3 Å². The normalized spacial score (nSPS) is 10.6. The van der Waals surface area contributed by atoms with E-state index in [-0.39, 0.29) is 18.6 Å². The van der Waals surface area contributed by atoms with E-state index >= 15 is 0 Å². The van der Waals surface area contributed by atoms with Gasteiger partial charge in [0, 0.05) is 19.0 Å². The number of hydrogen-bond donors (Lipinski definition) is 1. The molecule has 0 atom stereocenters. The molecule has 0 unspecified atom stereocenters. The summed E-state index contributed by atoms with van der Waals surface area (Å²) >= 11 is 0. The molecule has 0 bridgehead atoms. The zero-order valence-corrected chi connectivity index (χ0v) is 13.5. The van der Waals surface area contributed by atoms with Crippen molar-refractivity contribution in [1.82, 2.24) is 25.5 Å². The van der Waals surface area contributed by atoms with Crippen LogP contribution in [0.1, 0.15) is 25.7 Å². The summed E-state index contributed by atoms with van der Waals surface area (Å²) in [5.41, 5.74) is 0. The van der Waals surface area contributed by atoms with Gasteiger partial charge >= 0.3 is 0 Å². The molecule has 0 aliphatic heterocycles. The number of rotatable bonds is 8. The number of hydrogen-bond acceptors (Lipinski definition) is 6. The van der Waals surface area contributed by atoms with Crippen LogP contribution in [-0.2, 0) is 11.2 Å². The molecule has 0 fully saturated rings. The van der Waals surface area contributed by atoms with Crippen molar-refractivity contribution in [1.29, 1.82) is 0 Å². The summed E-state index contributed by atoms with van der Waals surface area (Å²) in [7, 11) is 1.58. The van der Waals surface area contributed by atoms with Crippen LogP contribution < -0.4 is 14.8 Å².